The van der Waals surface area contributed by atoms with Crippen molar-refractivity contribution in [1.29, 1.82) is 0 Å². The summed E-state index contributed by atoms with van der Waals surface area (Å²) < 4.78 is 5.29. The molecule has 0 spiro atoms. The van der Waals surface area contributed by atoms with Crippen molar-refractivity contribution in [3.8, 4) is 0 Å². The Morgan fingerprint density at radius 2 is 1.91 bits per heavy atom. The van der Waals surface area contributed by atoms with Crippen LogP contribution in [0, 0.1) is 5.92 Å². The topological polar surface area (TPSA) is 67.4 Å². The first-order valence-corrected chi connectivity index (χ1v) is 8.37. The lowest BCUT2D eigenvalue weighted by Gasteiger charge is -2.22. The standard InChI is InChI=1S/C18H26N2O3/c1-13(17(21)20-12-14-8-4-3-5-9-14)23-18(22)15-10-6-7-11-16(15)19-2/h6-7,10-11,13-14,19H,3-5,8-9,12H2,1-2H3,(H,20,21)/t13-/m1/s1. The van der Waals surface area contributed by atoms with Crippen LogP contribution in [0.5, 0.6) is 0 Å². The van der Waals surface area contributed by atoms with Crippen LogP contribution in [0.4, 0.5) is 5.69 Å². The summed E-state index contributed by atoms with van der Waals surface area (Å²) in [7, 11) is 1.74. The minimum atomic E-state index is -0.795. The summed E-state index contributed by atoms with van der Waals surface area (Å²) in [5, 5.41) is 5.85. The summed E-state index contributed by atoms with van der Waals surface area (Å²) in [4.78, 5) is 24.3. The van der Waals surface area contributed by atoms with Gasteiger partial charge in [0.1, 0.15) is 0 Å². The average Bonchev–Trinajstić information content (AvgIpc) is 2.60. The third kappa shape index (κ3) is 4.98. The number of amides is 1. The highest BCUT2D eigenvalue weighted by atomic mass is 16.5. The van der Waals surface area contributed by atoms with Crippen LogP contribution in [0.15, 0.2) is 24.3 Å². The van der Waals surface area contributed by atoms with Gasteiger partial charge in [0.2, 0.25) is 0 Å². The van der Waals surface area contributed by atoms with Crippen molar-refractivity contribution in [2.45, 2.75) is 45.1 Å². The second kappa shape index (κ2) is 8.56. The van der Waals surface area contributed by atoms with E-state index in [1.54, 1.807) is 32.2 Å². The smallest absolute Gasteiger partial charge is 0.341 e. The van der Waals surface area contributed by atoms with E-state index in [0.717, 1.165) is 0 Å². The Balaban J connectivity index is 1.83. The number of hydrogen-bond donors (Lipinski definition) is 2. The molecule has 1 saturated carbocycles. The molecule has 23 heavy (non-hydrogen) atoms. The maximum Gasteiger partial charge on any atom is 0.341 e. The van der Waals surface area contributed by atoms with Crippen molar-refractivity contribution in [2.75, 3.05) is 18.9 Å². The zero-order chi connectivity index (χ0) is 16.7. The number of rotatable bonds is 6. The van der Waals surface area contributed by atoms with E-state index in [4.69, 9.17) is 4.74 Å². The molecule has 2 rings (SSSR count). The molecule has 1 amide bonds. The number of anilines is 1. The number of nitrogens with one attached hydrogen (secondary N) is 2. The van der Waals surface area contributed by atoms with Crippen LogP contribution in [0.3, 0.4) is 0 Å². The minimum Gasteiger partial charge on any atom is -0.449 e. The van der Waals surface area contributed by atoms with E-state index < -0.39 is 12.1 Å². The molecule has 1 aliphatic rings. The van der Waals surface area contributed by atoms with Crippen LogP contribution in [0.2, 0.25) is 0 Å². The number of carbonyl (C=O) groups is 2. The second-order valence-electron chi connectivity index (χ2n) is 6.09. The van der Waals surface area contributed by atoms with Crippen LogP contribution < -0.4 is 10.6 Å². The van der Waals surface area contributed by atoms with Gasteiger partial charge >= 0.3 is 5.97 Å². The molecule has 1 atom stereocenters. The molecule has 0 unspecified atom stereocenters. The summed E-state index contributed by atoms with van der Waals surface area (Å²) in [6, 6.07) is 7.08. The van der Waals surface area contributed by atoms with Crippen molar-refractivity contribution in [3.63, 3.8) is 0 Å². The number of hydrogen-bond acceptors (Lipinski definition) is 4. The zero-order valence-corrected chi connectivity index (χ0v) is 13.9. The van der Waals surface area contributed by atoms with Crippen molar-refractivity contribution in [1.82, 2.24) is 5.32 Å². The number of carbonyl (C=O) groups excluding carboxylic acids is 2. The van der Waals surface area contributed by atoms with Crippen molar-refractivity contribution in [3.05, 3.63) is 29.8 Å². The van der Waals surface area contributed by atoms with E-state index >= 15 is 0 Å². The normalized spacial score (nSPS) is 16.4. The van der Waals surface area contributed by atoms with Crippen molar-refractivity contribution in [2.24, 2.45) is 5.92 Å². The molecule has 126 valence electrons. The number of ether oxygens (including phenoxy) is 1. The quantitative estimate of drug-likeness (QED) is 0.791. The number of benzene rings is 1. The van der Waals surface area contributed by atoms with Gasteiger partial charge in [-0.1, -0.05) is 31.4 Å². The van der Waals surface area contributed by atoms with Crippen LogP contribution in [-0.2, 0) is 9.53 Å². The fourth-order valence-corrected chi connectivity index (χ4v) is 2.94. The first-order valence-electron chi connectivity index (χ1n) is 8.37. The molecule has 0 saturated heterocycles. The van der Waals surface area contributed by atoms with E-state index in [1.807, 2.05) is 6.07 Å². The van der Waals surface area contributed by atoms with Gasteiger partial charge in [-0.3, -0.25) is 4.79 Å². The van der Waals surface area contributed by atoms with Gasteiger partial charge in [-0.05, 0) is 37.8 Å². The molecule has 0 aromatic heterocycles. The molecule has 2 N–H and O–H groups in total. The zero-order valence-electron chi connectivity index (χ0n) is 13.9. The second-order valence-corrected chi connectivity index (χ2v) is 6.09. The third-order valence-electron chi connectivity index (χ3n) is 4.36. The molecule has 5 heteroatoms. The average molecular weight is 318 g/mol. The van der Waals surface area contributed by atoms with Crippen molar-refractivity contribution < 1.29 is 14.3 Å². The monoisotopic (exact) mass is 318 g/mol. The van der Waals surface area contributed by atoms with Gasteiger partial charge in [0.05, 0.1) is 5.56 Å². The minimum absolute atomic E-state index is 0.231. The third-order valence-corrected chi connectivity index (χ3v) is 4.36. The van der Waals surface area contributed by atoms with Gasteiger partial charge in [-0.2, -0.15) is 0 Å². The molecule has 1 aromatic rings. The van der Waals surface area contributed by atoms with Crippen molar-refractivity contribution >= 4 is 17.6 Å². The molecule has 5 nitrogen and oxygen atoms in total. The molecule has 1 fully saturated rings. The Hall–Kier alpha value is -2.04. The van der Waals surface area contributed by atoms with E-state index in [2.05, 4.69) is 10.6 Å². The molecule has 1 aromatic carbocycles. The summed E-state index contributed by atoms with van der Waals surface area (Å²) >= 11 is 0. The van der Waals surface area contributed by atoms with Gasteiger partial charge in [-0.25, -0.2) is 4.79 Å². The Kier molecular flexibility index (Phi) is 6.44. The van der Waals surface area contributed by atoms with Gasteiger partial charge in [0.25, 0.3) is 5.91 Å². The Morgan fingerprint density at radius 3 is 2.61 bits per heavy atom. The lowest BCUT2D eigenvalue weighted by Crippen LogP contribution is -2.38. The van der Waals surface area contributed by atoms with Gasteiger partial charge in [-0.15, -0.1) is 0 Å². The van der Waals surface area contributed by atoms with Crippen LogP contribution in [-0.4, -0.2) is 31.6 Å². The molecule has 0 heterocycles. The van der Waals surface area contributed by atoms with Gasteiger partial charge in [0.15, 0.2) is 6.10 Å². The number of esters is 1. The summed E-state index contributed by atoms with van der Waals surface area (Å²) in [6.45, 7) is 2.28. The highest BCUT2D eigenvalue weighted by Gasteiger charge is 2.21. The fraction of sp³-hybridized carbons (Fsp3) is 0.556. The van der Waals surface area contributed by atoms with Crippen LogP contribution in [0.25, 0.3) is 0 Å². The molecule has 1 aliphatic carbocycles. The molecule has 0 radical (unpaired) electrons. The van der Waals surface area contributed by atoms with Gasteiger partial charge in [0, 0.05) is 19.3 Å². The summed E-state index contributed by atoms with van der Waals surface area (Å²) in [5.74, 6) is -0.165. The summed E-state index contributed by atoms with van der Waals surface area (Å²) in [5.41, 5.74) is 1.12. The van der Waals surface area contributed by atoms with Gasteiger partial charge < -0.3 is 15.4 Å². The lowest BCUT2D eigenvalue weighted by molar-refractivity contribution is -0.129. The highest BCUT2D eigenvalue weighted by molar-refractivity contribution is 5.97. The molecular weight excluding hydrogens is 292 g/mol. The van der Waals surface area contributed by atoms with E-state index in [9.17, 15) is 9.59 Å². The Labute approximate surface area is 137 Å². The highest BCUT2D eigenvalue weighted by Crippen LogP contribution is 2.22. The first-order chi connectivity index (χ1) is 11.1. The first kappa shape index (κ1) is 17.3. The molecule has 0 aliphatic heterocycles. The molecular formula is C18H26N2O3. The van der Waals surface area contributed by atoms with E-state index in [1.165, 1.54) is 32.1 Å². The maximum absolute atomic E-state index is 12.2. The van der Waals surface area contributed by atoms with Crippen LogP contribution >= 0.6 is 0 Å². The SMILES string of the molecule is CNc1ccccc1C(=O)O[C@H](C)C(=O)NCC1CCCCC1. The molecule has 0 bridgehead atoms. The Bertz CT molecular complexity index is 539. The lowest BCUT2D eigenvalue weighted by atomic mass is 9.89. The number of para-hydroxylation sites is 1. The van der Waals surface area contributed by atoms with E-state index in [0.29, 0.717) is 23.7 Å². The Morgan fingerprint density at radius 1 is 1.22 bits per heavy atom. The van der Waals surface area contributed by atoms with Crippen LogP contribution in [0.1, 0.15) is 49.4 Å². The largest absolute Gasteiger partial charge is 0.449 e. The summed E-state index contributed by atoms with van der Waals surface area (Å²) in [6.07, 6.45) is 5.32. The maximum atomic E-state index is 12.2. The van der Waals surface area contributed by atoms with E-state index in [-0.39, 0.29) is 5.91 Å². The predicted molar refractivity (Wildman–Crippen MR) is 90.5 cm³/mol. The predicted octanol–water partition coefficient (Wildman–Crippen LogP) is 2.97. The fourth-order valence-electron chi connectivity index (χ4n) is 2.94.